The summed E-state index contributed by atoms with van der Waals surface area (Å²) in [6, 6.07) is -0.531. The highest BCUT2D eigenvalue weighted by Crippen LogP contribution is 2.19. The van der Waals surface area contributed by atoms with E-state index in [1.807, 2.05) is 0 Å². The van der Waals surface area contributed by atoms with Crippen molar-refractivity contribution >= 4 is 5.91 Å². The highest BCUT2D eigenvalue weighted by atomic mass is 16.3. The number of hydrogen-bond acceptors (Lipinski definition) is 3. The van der Waals surface area contributed by atoms with Crippen molar-refractivity contribution in [2.45, 2.75) is 360 Å². The fourth-order valence-corrected chi connectivity index (χ4v) is 9.66. The molecule has 62 heavy (non-hydrogen) atoms. The predicted octanol–water partition coefficient (Wildman–Crippen LogP) is 19.1. The molecule has 0 aromatic carbocycles. The molecule has 0 saturated carbocycles. The molecule has 0 aliphatic heterocycles. The van der Waals surface area contributed by atoms with Crippen molar-refractivity contribution in [1.29, 1.82) is 0 Å². The van der Waals surface area contributed by atoms with Crippen LogP contribution in [-0.4, -0.2) is 34.9 Å². The predicted molar refractivity (Wildman–Crippen MR) is 276 cm³/mol. The van der Waals surface area contributed by atoms with Crippen LogP contribution in [0.25, 0.3) is 0 Å². The lowest BCUT2D eigenvalue weighted by Crippen LogP contribution is -2.45. The summed E-state index contributed by atoms with van der Waals surface area (Å²) in [5, 5.41) is 23.4. The van der Waals surface area contributed by atoms with Gasteiger partial charge >= 0.3 is 0 Å². The Hall–Kier alpha value is -0.610. The van der Waals surface area contributed by atoms with Gasteiger partial charge in [-0.2, -0.15) is 0 Å². The fourth-order valence-electron chi connectivity index (χ4n) is 9.66. The third-order valence-electron chi connectivity index (χ3n) is 14.1. The van der Waals surface area contributed by atoms with Crippen molar-refractivity contribution in [2.24, 2.45) is 0 Å². The summed E-state index contributed by atoms with van der Waals surface area (Å²) in [7, 11) is 0. The first-order valence-corrected chi connectivity index (χ1v) is 29.2. The molecule has 4 nitrogen and oxygen atoms in total. The van der Waals surface area contributed by atoms with Gasteiger partial charge in [-0.1, -0.05) is 328 Å². The van der Waals surface area contributed by atoms with Gasteiger partial charge in [-0.15, -0.1) is 0 Å². The summed E-state index contributed by atoms with van der Waals surface area (Å²) in [6.07, 6.45) is 69.6. The molecule has 0 aliphatic rings. The van der Waals surface area contributed by atoms with E-state index in [9.17, 15) is 15.0 Å². The highest BCUT2D eigenvalue weighted by molar-refractivity contribution is 5.76. The lowest BCUT2D eigenvalue weighted by atomic mass is 10.0. The SMILES string of the molecule is CCCCCCCCCCCCCCCCCCCCCCCCCCCCCC(=O)NC(CO)C(O)CCCCCCCCCCCCCCCCCCCCCCCCC. The highest BCUT2D eigenvalue weighted by Gasteiger charge is 2.20. The largest absolute Gasteiger partial charge is 0.394 e. The lowest BCUT2D eigenvalue weighted by Gasteiger charge is -2.22. The number of nitrogens with one attached hydrogen (secondary N) is 1. The zero-order chi connectivity index (χ0) is 44.9. The van der Waals surface area contributed by atoms with Gasteiger partial charge in [-0.25, -0.2) is 0 Å². The number of carbonyl (C=O) groups is 1. The fraction of sp³-hybridized carbons (Fsp3) is 0.983. The molecule has 0 aromatic rings. The summed E-state index contributed by atoms with van der Waals surface area (Å²) >= 11 is 0. The van der Waals surface area contributed by atoms with Gasteiger partial charge in [-0.3, -0.25) is 4.79 Å². The maximum Gasteiger partial charge on any atom is 0.220 e. The first-order valence-electron chi connectivity index (χ1n) is 29.2. The van der Waals surface area contributed by atoms with Crippen LogP contribution in [-0.2, 0) is 4.79 Å². The molecule has 2 atom stereocenters. The van der Waals surface area contributed by atoms with E-state index < -0.39 is 12.1 Å². The smallest absolute Gasteiger partial charge is 0.220 e. The Labute approximate surface area is 391 Å². The maximum absolute atomic E-state index is 12.5. The third-order valence-corrected chi connectivity index (χ3v) is 14.1. The summed E-state index contributed by atoms with van der Waals surface area (Å²) in [5.41, 5.74) is 0. The number of aliphatic hydroxyl groups excluding tert-OH is 2. The van der Waals surface area contributed by atoms with Crippen LogP contribution in [0.1, 0.15) is 348 Å². The molecule has 0 heterocycles. The van der Waals surface area contributed by atoms with Crippen LogP contribution < -0.4 is 5.32 Å². The Morgan fingerprint density at radius 3 is 0.726 bits per heavy atom. The molecule has 0 rings (SSSR count). The molecular weight excluding hydrogens is 759 g/mol. The van der Waals surface area contributed by atoms with Gasteiger partial charge in [-0.05, 0) is 12.8 Å². The monoisotopic (exact) mass is 876 g/mol. The van der Waals surface area contributed by atoms with Crippen molar-refractivity contribution in [3.8, 4) is 0 Å². The van der Waals surface area contributed by atoms with E-state index in [-0.39, 0.29) is 12.5 Å². The number of amides is 1. The van der Waals surface area contributed by atoms with Gasteiger partial charge in [0.05, 0.1) is 18.8 Å². The number of hydrogen-bond donors (Lipinski definition) is 3. The molecule has 0 aliphatic carbocycles. The van der Waals surface area contributed by atoms with Crippen LogP contribution in [0, 0.1) is 0 Å². The normalized spacial score (nSPS) is 12.6. The van der Waals surface area contributed by atoms with E-state index in [0.717, 1.165) is 25.7 Å². The molecule has 2 unspecified atom stereocenters. The van der Waals surface area contributed by atoms with E-state index in [1.54, 1.807) is 0 Å². The molecule has 0 bridgehead atoms. The zero-order valence-electron chi connectivity index (χ0n) is 42.9. The van der Waals surface area contributed by atoms with Gasteiger partial charge in [0.25, 0.3) is 0 Å². The molecule has 0 spiro atoms. The van der Waals surface area contributed by atoms with Crippen molar-refractivity contribution in [1.82, 2.24) is 5.32 Å². The van der Waals surface area contributed by atoms with Crippen LogP contribution in [0.3, 0.4) is 0 Å². The first kappa shape index (κ1) is 61.4. The minimum atomic E-state index is -0.655. The van der Waals surface area contributed by atoms with Gasteiger partial charge in [0, 0.05) is 6.42 Å². The van der Waals surface area contributed by atoms with Crippen molar-refractivity contribution in [2.75, 3.05) is 6.61 Å². The van der Waals surface area contributed by atoms with E-state index in [0.29, 0.717) is 12.8 Å². The van der Waals surface area contributed by atoms with Crippen LogP contribution in [0.5, 0.6) is 0 Å². The second-order valence-corrected chi connectivity index (χ2v) is 20.4. The molecule has 3 N–H and O–H groups in total. The van der Waals surface area contributed by atoms with Crippen LogP contribution in [0.15, 0.2) is 0 Å². The molecular formula is C58H117NO3. The van der Waals surface area contributed by atoms with Crippen LogP contribution in [0.2, 0.25) is 0 Å². The van der Waals surface area contributed by atoms with Gasteiger partial charge in [0.15, 0.2) is 0 Å². The Kier molecular flexibility index (Phi) is 54.2. The number of aliphatic hydroxyl groups is 2. The average Bonchev–Trinajstić information content (AvgIpc) is 3.28. The number of unbranched alkanes of at least 4 members (excludes halogenated alkanes) is 48. The summed E-state index contributed by atoms with van der Waals surface area (Å²) in [6.45, 7) is 4.41. The Morgan fingerprint density at radius 2 is 0.516 bits per heavy atom. The Balaban J connectivity index is 3.39. The molecule has 0 aromatic heterocycles. The molecule has 0 radical (unpaired) electrons. The third kappa shape index (κ3) is 50.4. The van der Waals surface area contributed by atoms with E-state index in [4.69, 9.17) is 0 Å². The number of rotatable bonds is 55. The second kappa shape index (κ2) is 54.7. The lowest BCUT2D eigenvalue weighted by molar-refractivity contribution is -0.123. The Morgan fingerprint density at radius 1 is 0.323 bits per heavy atom. The summed E-state index contributed by atoms with van der Waals surface area (Å²) < 4.78 is 0. The van der Waals surface area contributed by atoms with E-state index in [2.05, 4.69) is 19.2 Å². The van der Waals surface area contributed by atoms with Crippen molar-refractivity contribution in [3.05, 3.63) is 0 Å². The maximum atomic E-state index is 12.5. The van der Waals surface area contributed by atoms with Crippen LogP contribution in [0.4, 0.5) is 0 Å². The minimum absolute atomic E-state index is 0.0213. The summed E-state index contributed by atoms with van der Waals surface area (Å²) in [4.78, 5) is 12.5. The molecule has 1 amide bonds. The van der Waals surface area contributed by atoms with Crippen LogP contribution >= 0.6 is 0 Å². The topological polar surface area (TPSA) is 69.6 Å². The molecule has 0 fully saturated rings. The molecule has 4 heteroatoms. The first-order chi connectivity index (χ1) is 30.7. The van der Waals surface area contributed by atoms with Gasteiger partial charge < -0.3 is 15.5 Å². The van der Waals surface area contributed by atoms with Crippen molar-refractivity contribution in [3.63, 3.8) is 0 Å². The summed E-state index contributed by atoms with van der Waals surface area (Å²) in [5.74, 6) is -0.0213. The zero-order valence-corrected chi connectivity index (χ0v) is 42.9. The van der Waals surface area contributed by atoms with Crippen molar-refractivity contribution < 1.29 is 15.0 Å². The number of carbonyl (C=O) groups excluding carboxylic acids is 1. The van der Waals surface area contributed by atoms with Gasteiger partial charge in [0.1, 0.15) is 0 Å². The van der Waals surface area contributed by atoms with E-state index in [1.165, 1.54) is 295 Å². The standard InChI is InChI=1S/C58H117NO3/c1-3-5-7-9-11-13-15-17-19-21-23-25-27-28-29-30-32-34-36-38-40-42-44-46-48-50-52-54-58(62)59-56(55-60)57(61)53-51-49-47-45-43-41-39-37-35-33-31-26-24-22-20-18-16-14-12-10-8-6-4-2/h56-57,60-61H,3-55H2,1-2H3,(H,59,62). The average molecular weight is 877 g/mol. The van der Waals surface area contributed by atoms with Gasteiger partial charge in [0.2, 0.25) is 5.91 Å². The second-order valence-electron chi connectivity index (χ2n) is 20.4. The van der Waals surface area contributed by atoms with E-state index >= 15 is 0 Å². The Bertz CT molecular complexity index is 819. The molecule has 0 saturated heterocycles. The quantitative estimate of drug-likeness (QED) is 0.0533. The molecule has 372 valence electrons. The minimum Gasteiger partial charge on any atom is -0.394 e.